The van der Waals surface area contributed by atoms with Crippen LogP contribution < -0.4 is 0 Å². The van der Waals surface area contributed by atoms with Crippen LogP contribution in [0.4, 0.5) is 0 Å². The number of fused-ring (bicyclic) bond motifs is 1. The van der Waals surface area contributed by atoms with Gasteiger partial charge in [-0.2, -0.15) is 0 Å². The van der Waals surface area contributed by atoms with Gasteiger partial charge in [0.2, 0.25) is 0 Å². The molecule has 1 saturated heterocycles. The molecular weight excluding hydrogens is 286 g/mol. The van der Waals surface area contributed by atoms with Crippen molar-refractivity contribution in [2.24, 2.45) is 0 Å². The third-order valence-electron chi connectivity index (χ3n) is 4.09. The van der Waals surface area contributed by atoms with Crippen LogP contribution in [-0.2, 0) is 11.2 Å². The summed E-state index contributed by atoms with van der Waals surface area (Å²) in [5.74, 6) is 1.62. The Morgan fingerprint density at radius 2 is 2.29 bits per heavy atom. The second-order valence-corrected chi connectivity index (χ2v) is 6.83. The zero-order valence-corrected chi connectivity index (χ0v) is 13.7. The molecule has 0 amide bonds. The van der Waals surface area contributed by atoms with Gasteiger partial charge in [0.15, 0.2) is 5.65 Å². The minimum Gasteiger partial charge on any atom is -0.375 e. The summed E-state index contributed by atoms with van der Waals surface area (Å²) in [6.07, 6.45) is 4.66. The maximum Gasteiger partial charge on any atom is 0.160 e. The lowest BCUT2D eigenvalue weighted by Gasteiger charge is -2.36. The van der Waals surface area contributed by atoms with Crippen LogP contribution >= 0.6 is 11.6 Å². The Morgan fingerprint density at radius 1 is 1.48 bits per heavy atom. The minimum atomic E-state index is -0.0948. The van der Waals surface area contributed by atoms with E-state index in [1.54, 1.807) is 0 Å². The SMILES string of the molecule is Cc1cnc2c(c1)nc(CCCl)n2C1CCOC(C)(C)C1. The molecule has 3 rings (SSSR count). The van der Waals surface area contributed by atoms with Crippen LogP contribution in [0, 0.1) is 6.92 Å². The molecule has 0 aliphatic carbocycles. The first-order valence-electron chi connectivity index (χ1n) is 7.53. The molecule has 114 valence electrons. The van der Waals surface area contributed by atoms with Crippen molar-refractivity contribution in [1.82, 2.24) is 14.5 Å². The van der Waals surface area contributed by atoms with Gasteiger partial charge in [-0.1, -0.05) is 0 Å². The molecule has 0 saturated carbocycles. The quantitative estimate of drug-likeness (QED) is 0.813. The van der Waals surface area contributed by atoms with E-state index in [9.17, 15) is 0 Å². The maximum absolute atomic E-state index is 5.96. The van der Waals surface area contributed by atoms with Gasteiger partial charge in [-0.05, 0) is 45.2 Å². The predicted octanol–water partition coefficient (Wildman–Crippen LogP) is 3.65. The molecule has 2 aromatic heterocycles. The third-order valence-corrected chi connectivity index (χ3v) is 4.28. The van der Waals surface area contributed by atoms with E-state index < -0.39 is 0 Å². The summed E-state index contributed by atoms with van der Waals surface area (Å²) in [5.41, 5.74) is 2.99. The predicted molar refractivity (Wildman–Crippen MR) is 85.0 cm³/mol. The molecule has 1 aliphatic heterocycles. The number of aryl methyl sites for hydroxylation is 2. The van der Waals surface area contributed by atoms with E-state index in [4.69, 9.17) is 21.3 Å². The Hall–Kier alpha value is -1.13. The summed E-state index contributed by atoms with van der Waals surface area (Å²) >= 11 is 5.96. The largest absolute Gasteiger partial charge is 0.375 e. The van der Waals surface area contributed by atoms with Crippen molar-refractivity contribution in [3.8, 4) is 0 Å². The Kier molecular flexibility index (Phi) is 3.93. The molecule has 0 radical (unpaired) electrons. The van der Waals surface area contributed by atoms with Crippen molar-refractivity contribution >= 4 is 22.8 Å². The van der Waals surface area contributed by atoms with E-state index in [1.165, 1.54) is 0 Å². The van der Waals surface area contributed by atoms with Gasteiger partial charge >= 0.3 is 0 Å². The summed E-state index contributed by atoms with van der Waals surface area (Å²) in [5, 5.41) is 0. The van der Waals surface area contributed by atoms with Gasteiger partial charge in [-0.15, -0.1) is 11.6 Å². The number of halogens is 1. The van der Waals surface area contributed by atoms with Crippen LogP contribution in [0.3, 0.4) is 0 Å². The maximum atomic E-state index is 5.96. The molecule has 1 aliphatic rings. The summed E-state index contributed by atoms with van der Waals surface area (Å²) in [6, 6.07) is 2.48. The highest BCUT2D eigenvalue weighted by molar-refractivity contribution is 6.17. The molecule has 0 N–H and O–H groups in total. The average Bonchev–Trinajstić information content (AvgIpc) is 2.75. The number of ether oxygens (including phenoxy) is 1. The molecule has 21 heavy (non-hydrogen) atoms. The smallest absolute Gasteiger partial charge is 0.160 e. The van der Waals surface area contributed by atoms with Crippen LogP contribution in [0.5, 0.6) is 0 Å². The first-order valence-corrected chi connectivity index (χ1v) is 8.07. The molecule has 1 atom stereocenters. The third kappa shape index (κ3) is 2.92. The Balaban J connectivity index is 2.08. The average molecular weight is 308 g/mol. The number of rotatable bonds is 3. The normalized spacial score (nSPS) is 21.8. The molecule has 1 unspecified atom stereocenters. The van der Waals surface area contributed by atoms with Gasteiger partial charge in [0.25, 0.3) is 0 Å². The van der Waals surface area contributed by atoms with Crippen LogP contribution in [0.15, 0.2) is 12.3 Å². The number of imidazole rings is 1. The highest BCUT2D eigenvalue weighted by atomic mass is 35.5. The van der Waals surface area contributed by atoms with Crippen molar-refractivity contribution in [3.63, 3.8) is 0 Å². The van der Waals surface area contributed by atoms with E-state index in [0.717, 1.165) is 48.4 Å². The Labute approximate surface area is 130 Å². The zero-order valence-electron chi connectivity index (χ0n) is 12.9. The lowest BCUT2D eigenvalue weighted by molar-refractivity contribution is -0.0689. The second kappa shape index (κ2) is 5.58. The van der Waals surface area contributed by atoms with Gasteiger partial charge in [0.1, 0.15) is 11.3 Å². The zero-order chi connectivity index (χ0) is 15.0. The minimum absolute atomic E-state index is 0.0948. The van der Waals surface area contributed by atoms with E-state index in [1.807, 2.05) is 13.1 Å². The lowest BCUT2D eigenvalue weighted by Crippen LogP contribution is -2.35. The summed E-state index contributed by atoms with van der Waals surface area (Å²) < 4.78 is 8.14. The Bertz CT molecular complexity index is 650. The number of hydrogen-bond donors (Lipinski definition) is 0. The van der Waals surface area contributed by atoms with Crippen molar-refractivity contribution < 1.29 is 4.74 Å². The fourth-order valence-corrected chi connectivity index (χ4v) is 3.36. The van der Waals surface area contributed by atoms with Crippen LogP contribution in [0.2, 0.25) is 0 Å². The van der Waals surface area contributed by atoms with Gasteiger partial charge in [-0.25, -0.2) is 9.97 Å². The number of hydrogen-bond acceptors (Lipinski definition) is 3. The van der Waals surface area contributed by atoms with E-state index in [2.05, 4.69) is 29.5 Å². The van der Waals surface area contributed by atoms with Gasteiger partial charge in [-0.3, -0.25) is 0 Å². The molecule has 1 fully saturated rings. The molecule has 0 spiro atoms. The van der Waals surface area contributed by atoms with E-state index in [-0.39, 0.29) is 5.60 Å². The first kappa shape index (κ1) is 14.8. The monoisotopic (exact) mass is 307 g/mol. The molecule has 2 aromatic rings. The van der Waals surface area contributed by atoms with E-state index in [0.29, 0.717) is 11.9 Å². The van der Waals surface area contributed by atoms with Crippen LogP contribution in [0.1, 0.15) is 44.1 Å². The standard InChI is InChI=1S/C16H22ClN3O/c1-11-8-13-15(18-10-11)20(14(19-13)4-6-17)12-5-7-21-16(2,3)9-12/h8,10,12H,4-7,9H2,1-3H3. The highest BCUT2D eigenvalue weighted by Crippen LogP contribution is 2.34. The molecule has 0 aromatic carbocycles. The number of alkyl halides is 1. The molecule has 0 bridgehead atoms. The number of pyridine rings is 1. The van der Waals surface area contributed by atoms with Crippen molar-refractivity contribution in [3.05, 3.63) is 23.7 Å². The summed E-state index contributed by atoms with van der Waals surface area (Å²) in [6.45, 7) is 7.13. The van der Waals surface area contributed by atoms with Gasteiger partial charge < -0.3 is 9.30 Å². The van der Waals surface area contributed by atoms with Crippen LogP contribution in [-0.4, -0.2) is 32.6 Å². The number of aromatic nitrogens is 3. The molecule has 4 nitrogen and oxygen atoms in total. The molecule has 5 heteroatoms. The topological polar surface area (TPSA) is 39.9 Å². The highest BCUT2D eigenvalue weighted by Gasteiger charge is 2.32. The fraction of sp³-hybridized carbons (Fsp3) is 0.625. The fourth-order valence-electron chi connectivity index (χ4n) is 3.19. The summed E-state index contributed by atoms with van der Waals surface area (Å²) in [4.78, 5) is 9.38. The molecular formula is C16H22ClN3O. The molecule has 3 heterocycles. The lowest BCUT2D eigenvalue weighted by atomic mass is 9.93. The second-order valence-electron chi connectivity index (χ2n) is 6.45. The van der Waals surface area contributed by atoms with Crippen molar-refractivity contribution in [2.45, 2.75) is 51.7 Å². The number of nitrogens with zero attached hydrogens (tertiary/aromatic N) is 3. The van der Waals surface area contributed by atoms with Crippen molar-refractivity contribution in [2.75, 3.05) is 12.5 Å². The first-order chi connectivity index (χ1) is 10.00. The Morgan fingerprint density at radius 3 is 3.00 bits per heavy atom. The van der Waals surface area contributed by atoms with Crippen molar-refractivity contribution in [1.29, 1.82) is 0 Å². The van der Waals surface area contributed by atoms with Crippen LogP contribution in [0.25, 0.3) is 11.2 Å². The summed E-state index contributed by atoms with van der Waals surface area (Å²) in [7, 11) is 0. The van der Waals surface area contributed by atoms with E-state index >= 15 is 0 Å². The van der Waals surface area contributed by atoms with Gasteiger partial charge in [0.05, 0.1) is 5.60 Å². The van der Waals surface area contributed by atoms with Gasteiger partial charge in [0, 0.05) is 31.1 Å².